The van der Waals surface area contributed by atoms with Gasteiger partial charge in [-0.3, -0.25) is 9.69 Å². The first kappa shape index (κ1) is 17.9. The number of hydrogen-bond donors (Lipinski definition) is 0. The van der Waals surface area contributed by atoms with E-state index in [0.717, 1.165) is 5.82 Å². The van der Waals surface area contributed by atoms with Gasteiger partial charge in [0.25, 0.3) is 0 Å². The summed E-state index contributed by atoms with van der Waals surface area (Å²) in [5.41, 5.74) is 0. The lowest BCUT2D eigenvalue weighted by Gasteiger charge is -2.25. The van der Waals surface area contributed by atoms with E-state index in [1.54, 1.807) is 20.3 Å². The monoisotopic (exact) mass is 343 g/mol. The van der Waals surface area contributed by atoms with Crippen molar-refractivity contribution >= 4 is 15.9 Å². The van der Waals surface area contributed by atoms with Gasteiger partial charge in [0.15, 0.2) is 0 Å². The lowest BCUT2D eigenvalue weighted by Crippen LogP contribution is -2.41. The maximum absolute atomic E-state index is 12.4. The molecule has 1 aromatic rings. The van der Waals surface area contributed by atoms with Gasteiger partial charge in [0.2, 0.25) is 15.9 Å². The number of nitrogens with zero attached hydrogens (tertiary/aromatic N) is 5. The summed E-state index contributed by atoms with van der Waals surface area (Å²) >= 11 is 0. The molecule has 0 radical (unpaired) electrons. The van der Waals surface area contributed by atoms with Crippen LogP contribution in [0.15, 0.2) is 12.4 Å². The van der Waals surface area contributed by atoms with Crippen molar-refractivity contribution in [3.05, 3.63) is 18.2 Å². The molecule has 1 aliphatic heterocycles. The zero-order valence-corrected chi connectivity index (χ0v) is 15.0. The van der Waals surface area contributed by atoms with Crippen LogP contribution in [0.3, 0.4) is 0 Å². The smallest absolute Gasteiger partial charge is 0.227 e. The standard InChI is InChI=1S/C14H25N5O3S/c1-16(2)14(20)12-9-18(11-13-15-5-6-17(13)3)7-8-19(10-12)23(4,21)22/h5-6,12H,7-11H2,1-4H3/t12-/m1/s1. The maximum Gasteiger partial charge on any atom is 0.227 e. The van der Waals surface area contributed by atoms with Gasteiger partial charge >= 0.3 is 0 Å². The van der Waals surface area contributed by atoms with E-state index >= 15 is 0 Å². The molecular weight excluding hydrogens is 318 g/mol. The summed E-state index contributed by atoms with van der Waals surface area (Å²) in [7, 11) is 1.99. The highest BCUT2D eigenvalue weighted by Crippen LogP contribution is 2.16. The molecule has 130 valence electrons. The van der Waals surface area contributed by atoms with Crippen LogP contribution in [0.1, 0.15) is 5.82 Å². The number of imidazole rings is 1. The van der Waals surface area contributed by atoms with Crippen molar-refractivity contribution in [2.45, 2.75) is 6.54 Å². The average Bonchev–Trinajstić information content (AvgIpc) is 2.73. The largest absolute Gasteiger partial charge is 0.348 e. The van der Waals surface area contributed by atoms with Gasteiger partial charge in [0.1, 0.15) is 5.82 Å². The highest BCUT2D eigenvalue weighted by atomic mass is 32.2. The van der Waals surface area contributed by atoms with Crippen LogP contribution in [0.25, 0.3) is 0 Å². The Hall–Kier alpha value is -1.45. The van der Waals surface area contributed by atoms with E-state index in [2.05, 4.69) is 9.88 Å². The fraction of sp³-hybridized carbons (Fsp3) is 0.714. The van der Waals surface area contributed by atoms with Crippen LogP contribution >= 0.6 is 0 Å². The van der Waals surface area contributed by atoms with Crippen molar-refractivity contribution in [1.82, 2.24) is 23.7 Å². The Labute approximate surface area is 137 Å². The van der Waals surface area contributed by atoms with Gasteiger partial charge < -0.3 is 9.47 Å². The third kappa shape index (κ3) is 4.52. The molecule has 1 aromatic heterocycles. The Morgan fingerprint density at radius 3 is 2.57 bits per heavy atom. The quantitative estimate of drug-likeness (QED) is 0.715. The normalized spacial score (nSPS) is 21.1. The summed E-state index contributed by atoms with van der Waals surface area (Å²) in [5, 5.41) is 0. The van der Waals surface area contributed by atoms with Gasteiger partial charge in [-0.2, -0.15) is 0 Å². The van der Waals surface area contributed by atoms with Crippen LogP contribution in [0.2, 0.25) is 0 Å². The average molecular weight is 343 g/mol. The minimum absolute atomic E-state index is 0.0506. The van der Waals surface area contributed by atoms with Gasteiger partial charge in [-0.1, -0.05) is 0 Å². The predicted octanol–water partition coefficient (Wildman–Crippen LogP) is -0.798. The molecular formula is C14H25N5O3S. The van der Waals surface area contributed by atoms with Crippen molar-refractivity contribution < 1.29 is 13.2 Å². The molecule has 0 aromatic carbocycles. The van der Waals surface area contributed by atoms with Crippen LogP contribution in [0.4, 0.5) is 0 Å². The number of carbonyl (C=O) groups is 1. The molecule has 1 amide bonds. The molecule has 9 heteroatoms. The second kappa shape index (κ2) is 6.98. The maximum atomic E-state index is 12.4. The molecule has 0 bridgehead atoms. The van der Waals surface area contributed by atoms with Gasteiger partial charge in [-0.05, 0) is 0 Å². The molecule has 1 fully saturated rings. The van der Waals surface area contributed by atoms with Crippen LogP contribution in [-0.4, -0.2) is 84.5 Å². The van der Waals surface area contributed by atoms with E-state index in [4.69, 9.17) is 0 Å². The first-order chi connectivity index (χ1) is 10.7. The van der Waals surface area contributed by atoms with Crippen molar-refractivity contribution in [2.75, 3.05) is 46.5 Å². The van der Waals surface area contributed by atoms with Gasteiger partial charge in [-0.25, -0.2) is 17.7 Å². The van der Waals surface area contributed by atoms with Crippen molar-refractivity contribution in [3.8, 4) is 0 Å². The lowest BCUT2D eigenvalue weighted by molar-refractivity contribution is -0.133. The Balaban J connectivity index is 2.19. The summed E-state index contributed by atoms with van der Waals surface area (Å²) in [6.45, 7) is 2.32. The topological polar surface area (TPSA) is 78.8 Å². The third-order valence-corrected chi connectivity index (χ3v) is 5.38. The molecule has 0 N–H and O–H groups in total. The van der Waals surface area contributed by atoms with Gasteiger partial charge in [-0.15, -0.1) is 0 Å². The van der Waals surface area contributed by atoms with Crippen LogP contribution in [0.5, 0.6) is 0 Å². The van der Waals surface area contributed by atoms with E-state index in [9.17, 15) is 13.2 Å². The Morgan fingerprint density at radius 2 is 2.04 bits per heavy atom. The van der Waals surface area contributed by atoms with E-state index in [-0.39, 0.29) is 18.4 Å². The Morgan fingerprint density at radius 1 is 1.35 bits per heavy atom. The van der Waals surface area contributed by atoms with Crippen molar-refractivity contribution in [3.63, 3.8) is 0 Å². The second-order valence-electron chi connectivity index (χ2n) is 6.24. The molecule has 1 aliphatic rings. The molecule has 2 heterocycles. The molecule has 0 aliphatic carbocycles. The minimum atomic E-state index is -3.32. The van der Waals surface area contributed by atoms with Crippen LogP contribution < -0.4 is 0 Å². The summed E-state index contributed by atoms with van der Waals surface area (Å²) in [6, 6.07) is 0. The van der Waals surface area contributed by atoms with E-state index in [1.165, 1.54) is 15.5 Å². The van der Waals surface area contributed by atoms with Crippen molar-refractivity contribution in [1.29, 1.82) is 0 Å². The van der Waals surface area contributed by atoms with Gasteiger partial charge in [0.05, 0.1) is 18.7 Å². The summed E-state index contributed by atoms with van der Waals surface area (Å²) < 4.78 is 27.2. The summed E-state index contributed by atoms with van der Waals surface area (Å²) in [4.78, 5) is 20.3. The fourth-order valence-corrected chi connectivity index (χ4v) is 3.63. The number of sulfonamides is 1. The fourth-order valence-electron chi connectivity index (χ4n) is 2.77. The third-order valence-electron chi connectivity index (χ3n) is 4.11. The molecule has 2 rings (SSSR count). The van der Waals surface area contributed by atoms with E-state index < -0.39 is 10.0 Å². The number of hydrogen-bond acceptors (Lipinski definition) is 5. The SMILES string of the molecule is CN(C)C(=O)[C@@H]1CN(Cc2nccn2C)CCN(S(C)(=O)=O)C1. The molecule has 0 unspecified atom stereocenters. The number of amides is 1. The van der Waals surface area contributed by atoms with Crippen molar-refractivity contribution in [2.24, 2.45) is 13.0 Å². The van der Waals surface area contributed by atoms with E-state index in [1.807, 2.05) is 17.8 Å². The minimum Gasteiger partial charge on any atom is -0.348 e. The molecule has 23 heavy (non-hydrogen) atoms. The Kier molecular flexibility index (Phi) is 5.43. The molecule has 8 nitrogen and oxygen atoms in total. The summed E-state index contributed by atoms with van der Waals surface area (Å²) in [6.07, 6.45) is 4.80. The predicted molar refractivity (Wildman–Crippen MR) is 87.1 cm³/mol. The van der Waals surface area contributed by atoms with Crippen LogP contribution in [0, 0.1) is 5.92 Å². The molecule has 1 saturated heterocycles. The second-order valence-corrected chi connectivity index (χ2v) is 8.22. The number of aryl methyl sites for hydroxylation is 1. The number of aromatic nitrogens is 2. The number of rotatable bonds is 4. The number of carbonyl (C=O) groups excluding carboxylic acids is 1. The molecule has 1 atom stereocenters. The first-order valence-electron chi connectivity index (χ1n) is 7.53. The van der Waals surface area contributed by atoms with Crippen LogP contribution in [-0.2, 0) is 28.4 Å². The summed E-state index contributed by atoms with van der Waals surface area (Å²) in [5.74, 6) is 0.474. The first-order valence-corrected chi connectivity index (χ1v) is 9.38. The highest BCUT2D eigenvalue weighted by molar-refractivity contribution is 7.88. The zero-order chi connectivity index (χ0) is 17.2. The van der Waals surface area contributed by atoms with Gasteiger partial charge in [0, 0.05) is 59.7 Å². The van der Waals surface area contributed by atoms with E-state index in [0.29, 0.717) is 26.2 Å². The lowest BCUT2D eigenvalue weighted by atomic mass is 10.1. The zero-order valence-electron chi connectivity index (χ0n) is 14.1. The Bertz CT molecular complexity index is 655. The molecule has 0 spiro atoms. The highest BCUT2D eigenvalue weighted by Gasteiger charge is 2.32. The molecule has 0 saturated carbocycles.